The van der Waals surface area contributed by atoms with Gasteiger partial charge in [-0.2, -0.15) is 0 Å². The lowest BCUT2D eigenvalue weighted by molar-refractivity contribution is 0.0776. The Kier molecular flexibility index (Phi) is 6.46. The van der Waals surface area contributed by atoms with Crippen molar-refractivity contribution < 1.29 is 9.53 Å². The summed E-state index contributed by atoms with van der Waals surface area (Å²) in [6, 6.07) is 8.06. The summed E-state index contributed by atoms with van der Waals surface area (Å²) < 4.78 is 5.76. The van der Waals surface area contributed by atoms with Crippen LogP contribution in [0.3, 0.4) is 0 Å². The second-order valence-electron chi connectivity index (χ2n) is 6.63. The lowest BCUT2D eigenvalue weighted by Gasteiger charge is -2.24. The standard InChI is InChI=1S/C19H30N2O2/c1-5-9-15-13-21(14-17(15)20(3)4)19(22)16-10-7-8-11-18(16)23-12-6-2/h7-8,10-11,15,17H,5-6,9,12-14H2,1-4H3/t15-,17-/m1/s1. The Labute approximate surface area is 140 Å². The summed E-state index contributed by atoms with van der Waals surface area (Å²) in [5, 5.41) is 0. The molecule has 2 rings (SSSR count). The van der Waals surface area contributed by atoms with Crippen LogP contribution in [-0.2, 0) is 0 Å². The Morgan fingerprint density at radius 3 is 2.61 bits per heavy atom. The smallest absolute Gasteiger partial charge is 0.257 e. The fourth-order valence-electron chi connectivity index (χ4n) is 3.41. The van der Waals surface area contributed by atoms with Gasteiger partial charge in [-0.3, -0.25) is 4.79 Å². The molecule has 2 atom stereocenters. The van der Waals surface area contributed by atoms with Crippen molar-refractivity contribution in [2.75, 3.05) is 33.8 Å². The summed E-state index contributed by atoms with van der Waals surface area (Å²) in [6.45, 7) is 6.58. The number of hydrogen-bond donors (Lipinski definition) is 0. The molecule has 1 fully saturated rings. The van der Waals surface area contributed by atoms with Crippen LogP contribution in [0.5, 0.6) is 5.75 Å². The van der Waals surface area contributed by atoms with Crippen molar-refractivity contribution in [2.45, 2.75) is 39.2 Å². The lowest BCUT2D eigenvalue weighted by Crippen LogP contribution is -2.36. The monoisotopic (exact) mass is 318 g/mol. The van der Waals surface area contributed by atoms with Crippen LogP contribution in [0.4, 0.5) is 0 Å². The summed E-state index contributed by atoms with van der Waals surface area (Å²) in [6.07, 6.45) is 3.27. The SMILES string of the molecule is CCCOc1ccccc1C(=O)N1C[C@@H](CCC)[C@H](N(C)C)C1. The van der Waals surface area contributed by atoms with Gasteiger partial charge in [0.1, 0.15) is 5.75 Å². The number of rotatable bonds is 7. The molecule has 128 valence electrons. The molecular weight excluding hydrogens is 288 g/mol. The molecular formula is C19H30N2O2. The molecule has 1 aromatic carbocycles. The third-order valence-electron chi connectivity index (χ3n) is 4.60. The van der Waals surface area contributed by atoms with Crippen molar-refractivity contribution in [2.24, 2.45) is 5.92 Å². The summed E-state index contributed by atoms with van der Waals surface area (Å²) >= 11 is 0. The third kappa shape index (κ3) is 4.25. The molecule has 23 heavy (non-hydrogen) atoms. The molecule has 0 aromatic heterocycles. The molecule has 1 amide bonds. The first-order chi connectivity index (χ1) is 11.1. The van der Waals surface area contributed by atoms with E-state index in [0.29, 0.717) is 29.9 Å². The van der Waals surface area contributed by atoms with Gasteiger partial charge in [-0.1, -0.05) is 32.4 Å². The first-order valence-electron chi connectivity index (χ1n) is 8.76. The van der Waals surface area contributed by atoms with Crippen LogP contribution in [0.15, 0.2) is 24.3 Å². The van der Waals surface area contributed by atoms with Gasteiger partial charge in [-0.15, -0.1) is 0 Å². The van der Waals surface area contributed by atoms with Gasteiger partial charge in [0.2, 0.25) is 0 Å². The summed E-state index contributed by atoms with van der Waals surface area (Å²) in [7, 11) is 4.22. The molecule has 4 heteroatoms. The summed E-state index contributed by atoms with van der Waals surface area (Å²) in [4.78, 5) is 17.2. The van der Waals surface area contributed by atoms with Gasteiger partial charge in [-0.25, -0.2) is 0 Å². The maximum Gasteiger partial charge on any atom is 0.257 e. The van der Waals surface area contributed by atoms with Crippen molar-refractivity contribution >= 4 is 5.91 Å². The molecule has 0 saturated carbocycles. The second kappa shape index (κ2) is 8.34. The van der Waals surface area contributed by atoms with E-state index < -0.39 is 0 Å². The van der Waals surface area contributed by atoms with Crippen LogP contribution >= 0.6 is 0 Å². The summed E-state index contributed by atoms with van der Waals surface area (Å²) in [5.41, 5.74) is 0.690. The topological polar surface area (TPSA) is 32.8 Å². The van der Waals surface area contributed by atoms with Gasteiger partial charge in [0, 0.05) is 19.1 Å². The van der Waals surface area contributed by atoms with Crippen LogP contribution in [-0.4, -0.2) is 55.5 Å². The number of amides is 1. The van der Waals surface area contributed by atoms with Gasteiger partial charge in [0.05, 0.1) is 12.2 Å². The van der Waals surface area contributed by atoms with E-state index in [1.165, 1.54) is 6.42 Å². The number of likely N-dealkylation sites (tertiary alicyclic amines) is 1. The molecule has 1 aliphatic heterocycles. The minimum Gasteiger partial charge on any atom is -0.493 e. The van der Waals surface area contributed by atoms with Crippen molar-refractivity contribution in [1.29, 1.82) is 0 Å². The maximum absolute atomic E-state index is 13.0. The van der Waals surface area contributed by atoms with Crippen molar-refractivity contribution in [3.8, 4) is 5.75 Å². The molecule has 1 aromatic rings. The van der Waals surface area contributed by atoms with Crippen LogP contribution in [0.2, 0.25) is 0 Å². The minimum absolute atomic E-state index is 0.0992. The Morgan fingerprint density at radius 2 is 1.96 bits per heavy atom. The van der Waals surface area contributed by atoms with E-state index in [1.54, 1.807) is 0 Å². The van der Waals surface area contributed by atoms with Gasteiger partial charge in [0.25, 0.3) is 5.91 Å². The molecule has 1 heterocycles. The molecule has 4 nitrogen and oxygen atoms in total. The normalized spacial score (nSPS) is 21.0. The molecule has 1 aliphatic rings. The van der Waals surface area contributed by atoms with Crippen LogP contribution in [0.1, 0.15) is 43.5 Å². The molecule has 1 saturated heterocycles. The highest BCUT2D eigenvalue weighted by molar-refractivity contribution is 5.97. The average molecular weight is 318 g/mol. The highest BCUT2D eigenvalue weighted by Gasteiger charge is 2.36. The number of nitrogens with zero attached hydrogens (tertiary/aromatic N) is 2. The Morgan fingerprint density at radius 1 is 1.22 bits per heavy atom. The van der Waals surface area contributed by atoms with E-state index in [9.17, 15) is 4.79 Å². The maximum atomic E-state index is 13.0. The third-order valence-corrected chi connectivity index (χ3v) is 4.60. The molecule has 0 spiro atoms. The van der Waals surface area contributed by atoms with Crippen molar-refractivity contribution in [3.05, 3.63) is 29.8 Å². The number of hydrogen-bond acceptors (Lipinski definition) is 3. The quantitative estimate of drug-likeness (QED) is 0.773. The Bertz CT molecular complexity index is 516. The van der Waals surface area contributed by atoms with Gasteiger partial charge >= 0.3 is 0 Å². The van der Waals surface area contributed by atoms with E-state index in [1.807, 2.05) is 29.2 Å². The van der Waals surface area contributed by atoms with Gasteiger partial charge < -0.3 is 14.5 Å². The molecule has 0 bridgehead atoms. The number of ether oxygens (including phenoxy) is 1. The zero-order chi connectivity index (χ0) is 16.8. The van der Waals surface area contributed by atoms with E-state index >= 15 is 0 Å². The average Bonchev–Trinajstić information content (AvgIpc) is 2.97. The Balaban J connectivity index is 2.14. The molecule has 0 radical (unpaired) electrons. The molecule has 0 aliphatic carbocycles. The van der Waals surface area contributed by atoms with E-state index in [2.05, 4.69) is 32.8 Å². The zero-order valence-corrected chi connectivity index (χ0v) is 14.9. The molecule has 0 N–H and O–H groups in total. The predicted octanol–water partition coefficient (Wildman–Crippen LogP) is 3.28. The number of carbonyl (C=O) groups excluding carboxylic acids is 1. The number of para-hydroxylation sites is 1. The number of carbonyl (C=O) groups is 1. The number of benzene rings is 1. The highest BCUT2D eigenvalue weighted by Crippen LogP contribution is 2.28. The second-order valence-corrected chi connectivity index (χ2v) is 6.63. The lowest BCUT2D eigenvalue weighted by atomic mass is 9.98. The minimum atomic E-state index is 0.0992. The number of likely N-dealkylation sites (N-methyl/N-ethyl adjacent to an activating group) is 1. The van der Waals surface area contributed by atoms with E-state index in [4.69, 9.17) is 4.74 Å². The molecule has 0 unspecified atom stereocenters. The van der Waals surface area contributed by atoms with Crippen molar-refractivity contribution in [3.63, 3.8) is 0 Å². The predicted molar refractivity (Wildman–Crippen MR) is 94.0 cm³/mol. The fraction of sp³-hybridized carbons (Fsp3) is 0.632. The first-order valence-corrected chi connectivity index (χ1v) is 8.76. The van der Waals surface area contributed by atoms with Gasteiger partial charge in [-0.05, 0) is 45.0 Å². The van der Waals surface area contributed by atoms with Crippen LogP contribution in [0.25, 0.3) is 0 Å². The van der Waals surface area contributed by atoms with Crippen LogP contribution < -0.4 is 4.74 Å². The van der Waals surface area contributed by atoms with Crippen molar-refractivity contribution in [1.82, 2.24) is 9.80 Å². The highest BCUT2D eigenvalue weighted by atomic mass is 16.5. The van der Waals surface area contributed by atoms with E-state index in [-0.39, 0.29) is 5.91 Å². The van der Waals surface area contributed by atoms with E-state index in [0.717, 1.165) is 25.9 Å². The summed E-state index contributed by atoms with van der Waals surface area (Å²) in [5.74, 6) is 1.37. The largest absolute Gasteiger partial charge is 0.493 e. The van der Waals surface area contributed by atoms with Gasteiger partial charge in [0.15, 0.2) is 0 Å². The Hall–Kier alpha value is -1.55. The fourth-order valence-corrected chi connectivity index (χ4v) is 3.41. The van der Waals surface area contributed by atoms with Crippen LogP contribution in [0, 0.1) is 5.92 Å². The first kappa shape index (κ1) is 17.8. The zero-order valence-electron chi connectivity index (χ0n) is 14.9.